The highest BCUT2D eigenvalue weighted by Gasteiger charge is 2.15. The number of aromatic nitrogens is 5. The number of tetrazole rings is 1. The molecule has 0 unspecified atom stereocenters. The number of halogens is 2. The quantitative estimate of drug-likeness (QED) is 0.594. The maximum absolute atomic E-state index is 13.5. The number of fused-ring (bicyclic) bond motifs is 1. The van der Waals surface area contributed by atoms with Gasteiger partial charge in [0.15, 0.2) is 5.82 Å². The van der Waals surface area contributed by atoms with E-state index in [0.29, 0.717) is 5.82 Å². The molecule has 0 atom stereocenters. The van der Waals surface area contributed by atoms with Gasteiger partial charge in [0.2, 0.25) is 0 Å². The van der Waals surface area contributed by atoms with Crippen molar-refractivity contribution in [2.75, 3.05) is 0 Å². The molecule has 1 N–H and O–H groups in total. The zero-order chi connectivity index (χ0) is 15.1. The summed E-state index contributed by atoms with van der Waals surface area (Å²) in [7, 11) is 0. The fourth-order valence-corrected chi connectivity index (χ4v) is 2.65. The van der Waals surface area contributed by atoms with Crippen LogP contribution in [0.4, 0.5) is 4.39 Å². The summed E-state index contributed by atoms with van der Waals surface area (Å²) in [5.74, 6) is 0.259. The molecule has 0 aliphatic rings. The summed E-state index contributed by atoms with van der Waals surface area (Å²) in [5.41, 5.74) is 2.41. The molecule has 0 saturated heterocycles. The van der Waals surface area contributed by atoms with Gasteiger partial charge in [0.25, 0.3) is 0 Å². The molecule has 0 saturated carbocycles. The van der Waals surface area contributed by atoms with Crippen LogP contribution in [0.15, 0.2) is 53.1 Å². The normalized spacial score (nSPS) is 11.2. The summed E-state index contributed by atoms with van der Waals surface area (Å²) in [4.78, 5) is 3.11. The number of aromatic amines is 1. The molecular formula is C15H9BrFN5. The molecule has 0 bridgehead atoms. The van der Waals surface area contributed by atoms with Gasteiger partial charge in [0.1, 0.15) is 5.82 Å². The lowest BCUT2D eigenvalue weighted by Crippen LogP contribution is -1.99. The van der Waals surface area contributed by atoms with E-state index in [1.54, 1.807) is 16.9 Å². The topological polar surface area (TPSA) is 59.4 Å². The highest BCUT2D eigenvalue weighted by molar-refractivity contribution is 9.10. The zero-order valence-electron chi connectivity index (χ0n) is 11.2. The predicted octanol–water partition coefficient (Wildman–Crippen LogP) is 3.71. The van der Waals surface area contributed by atoms with Gasteiger partial charge in [-0.15, -0.1) is 5.10 Å². The first-order chi connectivity index (χ1) is 10.7. The number of rotatable bonds is 2. The van der Waals surface area contributed by atoms with E-state index < -0.39 is 0 Å². The average molecular weight is 358 g/mol. The number of hydrogen-bond acceptors (Lipinski definition) is 3. The van der Waals surface area contributed by atoms with Crippen LogP contribution in [-0.2, 0) is 0 Å². The van der Waals surface area contributed by atoms with Crippen LogP contribution in [0, 0.1) is 5.82 Å². The minimum Gasteiger partial charge on any atom is -0.360 e. The van der Waals surface area contributed by atoms with Crippen molar-refractivity contribution in [2.45, 2.75) is 0 Å². The maximum atomic E-state index is 13.5. The third-order valence-electron chi connectivity index (χ3n) is 3.43. The smallest absolute Gasteiger partial charge is 0.189 e. The number of hydrogen-bond donors (Lipinski definition) is 1. The molecule has 2 aromatic heterocycles. The van der Waals surface area contributed by atoms with Gasteiger partial charge in [-0.25, -0.2) is 4.39 Å². The second kappa shape index (κ2) is 5.03. The summed E-state index contributed by atoms with van der Waals surface area (Å²) in [6.07, 6.45) is 1.78. The lowest BCUT2D eigenvalue weighted by molar-refractivity contribution is 0.630. The van der Waals surface area contributed by atoms with Gasteiger partial charge in [0.05, 0.1) is 5.69 Å². The first kappa shape index (κ1) is 13.1. The molecule has 0 aliphatic heterocycles. The number of nitrogens with one attached hydrogen (secondary N) is 1. The maximum Gasteiger partial charge on any atom is 0.189 e. The Bertz CT molecular complexity index is 958. The van der Waals surface area contributed by atoms with Crippen molar-refractivity contribution in [1.29, 1.82) is 0 Å². The van der Waals surface area contributed by atoms with Crippen molar-refractivity contribution in [3.63, 3.8) is 0 Å². The van der Waals surface area contributed by atoms with Crippen LogP contribution in [-0.4, -0.2) is 25.2 Å². The highest BCUT2D eigenvalue weighted by Crippen LogP contribution is 2.28. The number of nitrogens with zero attached hydrogens (tertiary/aromatic N) is 4. The third-order valence-corrected chi connectivity index (χ3v) is 3.95. The molecule has 108 valence electrons. The molecule has 2 heterocycles. The van der Waals surface area contributed by atoms with Gasteiger partial charge >= 0.3 is 0 Å². The molecule has 0 radical (unpaired) electrons. The van der Waals surface area contributed by atoms with E-state index in [-0.39, 0.29) is 5.82 Å². The van der Waals surface area contributed by atoms with Crippen molar-refractivity contribution in [1.82, 2.24) is 25.2 Å². The summed E-state index contributed by atoms with van der Waals surface area (Å²) >= 11 is 3.40. The molecular weight excluding hydrogens is 349 g/mol. The Morgan fingerprint density at radius 2 is 1.91 bits per heavy atom. The van der Waals surface area contributed by atoms with E-state index >= 15 is 0 Å². The van der Waals surface area contributed by atoms with Crippen molar-refractivity contribution in [3.05, 3.63) is 59.0 Å². The van der Waals surface area contributed by atoms with Crippen molar-refractivity contribution >= 4 is 26.8 Å². The van der Waals surface area contributed by atoms with Gasteiger partial charge < -0.3 is 4.98 Å². The summed E-state index contributed by atoms with van der Waals surface area (Å²) in [5, 5.41) is 12.6. The largest absolute Gasteiger partial charge is 0.360 e. The summed E-state index contributed by atoms with van der Waals surface area (Å²) < 4.78 is 16.1. The minimum atomic E-state index is -0.295. The first-order valence-electron chi connectivity index (χ1n) is 6.54. The molecule has 22 heavy (non-hydrogen) atoms. The molecule has 0 spiro atoms. The van der Waals surface area contributed by atoms with Crippen LogP contribution >= 0.6 is 15.9 Å². The van der Waals surface area contributed by atoms with E-state index in [9.17, 15) is 4.39 Å². The van der Waals surface area contributed by atoms with Crippen LogP contribution < -0.4 is 0 Å². The predicted molar refractivity (Wildman–Crippen MR) is 84.1 cm³/mol. The zero-order valence-corrected chi connectivity index (χ0v) is 12.7. The Hall–Kier alpha value is -2.54. The van der Waals surface area contributed by atoms with Crippen LogP contribution in [0.2, 0.25) is 0 Å². The van der Waals surface area contributed by atoms with Crippen molar-refractivity contribution in [2.24, 2.45) is 0 Å². The number of benzene rings is 2. The Morgan fingerprint density at radius 1 is 1.09 bits per heavy atom. The van der Waals surface area contributed by atoms with Gasteiger partial charge in [-0.05, 0) is 52.9 Å². The average Bonchev–Trinajstić information content (AvgIpc) is 3.13. The van der Waals surface area contributed by atoms with Gasteiger partial charge in [-0.2, -0.15) is 4.68 Å². The van der Waals surface area contributed by atoms with Gasteiger partial charge in [-0.1, -0.05) is 15.9 Å². The minimum absolute atomic E-state index is 0.295. The SMILES string of the molecule is Fc1ccc2[nH]cc(-c3nnnn3-c3ccc(Br)cc3)c2c1. The van der Waals surface area contributed by atoms with Crippen LogP contribution in [0.5, 0.6) is 0 Å². The van der Waals surface area contributed by atoms with Gasteiger partial charge in [-0.3, -0.25) is 0 Å². The molecule has 7 heteroatoms. The van der Waals surface area contributed by atoms with E-state index in [4.69, 9.17) is 0 Å². The van der Waals surface area contributed by atoms with Crippen molar-refractivity contribution < 1.29 is 4.39 Å². The fourth-order valence-electron chi connectivity index (χ4n) is 2.39. The first-order valence-corrected chi connectivity index (χ1v) is 7.33. The molecule has 4 rings (SSSR count). The molecule has 5 nitrogen and oxygen atoms in total. The van der Waals surface area contributed by atoms with E-state index in [1.807, 2.05) is 24.3 Å². The second-order valence-electron chi connectivity index (χ2n) is 4.78. The molecule has 2 aromatic carbocycles. The Kier molecular flexibility index (Phi) is 3.00. The monoisotopic (exact) mass is 357 g/mol. The summed E-state index contributed by atoms with van der Waals surface area (Å²) in [6, 6.07) is 12.2. The Morgan fingerprint density at radius 3 is 2.73 bits per heavy atom. The Balaban J connectivity index is 1.91. The summed E-state index contributed by atoms with van der Waals surface area (Å²) in [6.45, 7) is 0. The third kappa shape index (κ3) is 2.10. The fraction of sp³-hybridized carbons (Fsp3) is 0. The van der Waals surface area contributed by atoms with Gasteiger partial charge in [0, 0.05) is 27.1 Å². The molecule has 0 amide bonds. The second-order valence-corrected chi connectivity index (χ2v) is 5.70. The van der Waals surface area contributed by atoms with Crippen molar-refractivity contribution in [3.8, 4) is 17.1 Å². The lowest BCUT2D eigenvalue weighted by Gasteiger charge is -2.04. The molecule has 0 aliphatic carbocycles. The Labute approximate surface area is 132 Å². The standard InChI is InChI=1S/C15H9BrFN5/c16-9-1-4-11(5-2-9)22-15(19-20-21-22)13-8-18-14-6-3-10(17)7-12(13)14/h1-8,18H. The molecule has 4 aromatic rings. The van der Waals surface area contributed by atoms with Crippen LogP contribution in [0.3, 0.4) is 0 Å². The number of H-pyrrole nitrogens is 1. The lowest BCUT2D eigenvalue weighted by atomic mass is 10.1. The van der Waals surface area contributed by atoms with E-state index in [2.05, 4.69) is 36.4 Å². The van der Waals surface area contributed by atoms with E-state index in [1.165, 1.54) is 12.1 Å². The van der Waals surface area contributed by atoms with Crippen LogP contribution in [0.25, 0.3) is 28.0 Å². The molecule has 0 fully saturated rings. The van der Waals surface area contributed by atoms with Crippen LogP contribution in [0.1, 0.15) is 0 Å². The van der Waals surface area contributed by atoms with E-state index in [0.717, 1.165) is 26.6 Å². The highest BCUT2D eigenvalue weighted by atomic mass is 79.9.